The van der Waals surface area contributed by atoms with Crippen LogP contribution in [-0.4, -0.2) is 43.5 Å². The second kappa shape index (κ2) is 7.07. The Bertz CT molecular complexity index is 449. The summed E-state index contributed by atoms with van der Waals surface area (Å²) in [7, 11) is 1.69. The maximum Gasteiger partial charge on any atom is 0.238 e. The summed E-state index contributed by atoms with van der Waals surface area (Å²) >= 11 is 5.96. The summed E-state index contributed by atoms with van der Waals surface area (Å²) in [5.41, 5.74) is 1.22. The van der Waals surface area contributed by atoms with Gasteiger partial charge in [0.25, 0.3) is 0 Å². The second-order valence-electron chi connectivity index (χ2n) is 5.05. The van der Waals surface area contributed by atoms with Gasteiger partial charge in [-0.25, -0.2) is 0 Å². The molecule has 110 valence electrons. The molecule has 1 aromatic carbocycles. The van der Waals surface area contributed by atoms with E-state index in [1.165, 1.54) is 5.56 Å². The predicted molar refractivity (Wildman–Crippen MR) is 81.9 cm³/mol. The van der Waals surface area contributed by atoms with Gasteiger partial charge in [-0.05, 0) is 24.1 Å². The molecule has 0 radical (unpaired) electrons. The number of rotatable bonds is 4. The van der Waals surface area contributed by atoms with Crippen molar-refractivity contribution in [2.24, 2.45) is 0 Å². The van der Waals surface area contributed by atoms with E-state index in [2.05, 4.69) is 34.6 Å². The SMILES string of the molecule is CCC(c1ccc(Cl)cc1)N1CCNCC1C(=O)NC. The van der Waals surface area contributed by atoms with Crippen LogP contribution in [0.3, 0.4) is 0 Å². The van der Waals surface area contributed by atoms with Crippen LogP contribution < -0.4 is 10.6 Å². The molecule has 1 aliphatic rings. The number of hydrogen-bond acceptors (Lipinski definition) is 3. The molecule has 1 fully saturated rings. The number of carbonyl (C=O) groups excluding carboxylic acids is 1. The maximum absolute atomic E-state index is 12.1. The van der Waals surface area contributed by atoms with Crippen LogP contribution in [0.25, 0.3) is 0 Å². The van der Waals surface area contributed by atoms with Crippen LogP contribution in [0, 0.1) is 0 Å². The van der Waals surface area contributed by atoms with E-state index in [1.54, 1.807) is 7.05 Å². The van der Waals surface area contributed by atoms with Crippen LogP contribution in [-0.2, 0) is 4.79 Å². The molecular weight excluding hydrogens is 274 g/mol. The van der Waals surface area contributed by atoms with Gasteiger partial charge in [-0.1, -0.05) is 30.7 Å². The molecule has 2 rings (SSSR count). The molecule has 20 heavy (non-hydrogen) atoms. The molecule has 5 heteroatoms. The van der Waals surface area contributed by atoms with E-state index in [9.17, 15) is 4.79 Å². The highest BCUT2D eigenvalue weighted by atomic mass is 35.5. The molecule has 2 atom stereocenters. The fourth-order valence-corrected chi connectivity index (χ4v) is 2.98. The van der Waals surface area contributed by atoms with Gasteiger partial charge in [0.05, 0.1) is 0 Å². The number of amides is 1. The molecule has 0 spiro atoms. The van der Waals surface area contributed by atoms with Crippen molar-refractivity contribution in [2.75, 3.05) is 26.7 Å². The van der Waals surface area contributed by atoms with Gasteiger partial charge in [0.15, 0.2) is 0 Å². The Kier molecular flexibility index (Phi) is 5.40. The maximum atomic E-state index is 12.1. The van der Waals surface area contributed by atoms with E-state index in [-0.39, 0.29) is 18.0 Å². The molecule has 1 aliphatic heterocycles. The molecule has 1 aromatic rings. The van der Waals surface area contributed by atoms with Crippen molar-refractivity contribution >= 4 is 17.5 Å². The van der Waals surface area contributed by atoms with Crippen molar-refractivity contribution in [1.82, 2.24) is 15.5 Å². The second-order valence-corrected chi connectivity index (χ2v) is 5.48. The van der Waals surface area contributed by atoms with Crippen molar-refractivity contribution in [3.05, 3.63) is 34.9 Å². The van der Waals surface area contributed by atoms with Crippen LogP contribution in [0.5, 0.6) is 0 Å². The summed E-state index contributed by atoms with van der Waals surface area (Å²) in [6.07, 6.45) is 0.967. The summed E-state index contributed by atoms with van der Waals surface area (Å²) in [6, 6.07) is 8.07. The minimum absolute atomic E-state index is 0.0737. The zero-order valence-electron chi connectivity index (χ0n) is 12.0. The van der Waals surface area contributed by atoms with Gasteiger partial charge >= 0.3 is 0 Å². The lowest BCUT2D eigenvalue weighted by Crippen LogP contribution is -2.58. The Morgan fingerprint density at radius 3 is 2.80 bits per heavy atom. The molecule has 1 saturated heterocycles. The molecule has 2 unspecified atom stereocenters. The topological polar surface area (TPSA) is 44.4 Å². The number of carbonyl (C=O) groups is 1. The van der Waals surface area contributed by atoms with E-state index in [0.29, 0.717) is 6.54 Å². The van der Waals surface area contributed by atoms with E-state index < -0.39 is 0 Å². The molecule has 1 heterocycles. The number of nitrogens with zero attached hydrogens (tertiary/aromatic N) is 1. The largest absolute Gasteiger partial charge is 0.358 e. The predicted octanol–water partition coefficient (Wildman–Crippen LogP) is 1.81. The third-order valence-corrected chi connectivity index (χ3v) is 4.13. The van der Waals surface area contributed by atoms with Crippen molar-refractivity contribution in [1.29, 1.82) is 0 Å². The quantitative estimate of drug-likeness (QED) is 0.890. The van der Waals surface area contributed by atoms with Gasteiger partial charge in [0.1, 0.15) is 6.04 Å². The molecule has 0 aromatic heterocycles. The molecule has 0 saturated carbocycles. The Balaban J connectivity index is 2.23. The molecule has 4 nitrogen and oxygen atoms in total. The fourth-order valence-electron chi connectivity index (χ4n) is 2.85. The first-order valence-electron chi connectivity index (χ1n) is 7.11. The lowest BCUT2D eigenvalue weighted by molar-refractivity contribution is -0.127. The Hall–Kier alpha value is -1.10. The monoisotopic (exact) mass is 295 g/mol. The van der Waals surface area contributed by atoms with Crippen LogP contribution in [0.15, 0.2) is 24.3 Å². The van der Waals surface area contributed by atoms with Crippen molar-refractivity contribution in [3.8, 4) is 0 Å². The lowest BCUT2D eigenvalue weighted by Gasteiger charge is -2.40. The van der Waals surface area contributed by atoms with E-state index in [1.807, 2.05) is 12.1 Å². The van der Waals surface area contributed by atoms with Crippen LogP contribution in [0.1, 0.15) is 24.9 Å². The minimum atomic E-state index is -0.116. The Labute approximate surface area is 125 Å². The van der Waals surface area contributed by atoms with Crippen molar-refractivity contribution in [3.63, 3.8) is 0 Å². The van der Waals surface area contributed by atoms with E-state index in [4.69, 9.17) is 11.6 Å². The summed E-state index contributed by atoms with van der Waals surface area (Å²) in [5.74, 6) is 0.0737. The molecule has 1 amide bonds. The zero-order valence-corrected chi connectivity index (χ0v) is 12.8. The summed E-state index contributed by atoms with van der Waals surface area (Å²) < 4.78 is 0. The van der Waals surface area contributed by atoms with Gasteiger partial charge < -0.3 is 10.6 Å². The summed E-state index contributed by atoms with van der Waals surface area (Å²) in [5, 5.41) is 6.80. The van der Waals surface area contributed by atoms with Crippen LogP contribution in [0.2, 0.25) is 5.02 Å². The van der Waals surface area contributed by atoms with E-state index in [0.717, 1.165) is 24.5 Å². The van der Waals surface area contributed by atoms with Crippen LogP contribution >= 0.6 is 11.6 Å². The number of halogens is 1. The van der Waals surface area contributed by atoms with Gasteiger partial charge in [-0.2, -0.15) is 0 Å². The Morgan fingerprint density at radius 2 is 2.20 bits per heavy atom. The molecule has 0 aliphatic carbocycles. The first-order chi connectivity index (χ1) is 9.67. The molecule has 2 N–H and O–H groups in total. The number of hydrogen-bond donors (Lipinski definition) is 2. The van der Waals surface area contributed by atoms with Gasteiger partial charge in [-0.3, -0.25) is 9.69 Å². The number of likely N-dealkylation sites (N-methyl/N-ethyl adjacent to an activating group) is 1. The highest BCUT2D eigenvalue weighted by Gasteiger charge is 2.32. The fraction of sp³-hybridized carbons (Fsp3) is 0.533. The first kappa shape index (κ1) is 15.3. The number of benzene rings is 1. The van der Waals surface area contributed by atoms with Crippen molar-refractivity contribution < 1.29 is 4.79 Å². The minimum Gasteiger partial charge on any atom is -0.358 e. The Morgan fingerprint density at radius 1 is 1.50 bits per heavy atom. The number of piperazine rings is 1. The first-order valence-corrected chi connectivity index (χ1v) is 7.48. The smallest absolute Gasteiger partial charge is 0.238 e. The van der Waals surface area contributed by atoms with Gasteiger partial charge in [0, 0.05) is 37.7 Å². The highest BCUT2D eigenvalue weighted by Crippen LogP contribution is 2.28. The molecule has 0 bridgehead atoms. The van der Waals surface area contributed by atoms with Gasteiger partial charge in [0.2, 0.25) is 5.91 Å². The van der Waals surface area contributed by atoms with Gasteiger partial charge in [-0.15, -0.1) is 0 Å². The van der Waals surface area contributed by atoms with E-state index >= 15 is 0 Å². The third-order valence-electron chi connectivity index (χ3n) is 3.88. The third kappa shape index (κ3) is 3.32. The average Bonchev–Trinajstić information content (AvgIpc) is 2.49. The summed E-state index contributed by atoms with van der Waals surface area (Å²) in [6.45, 7) is 4.64. The number of nitrogens with one attached hydrogen (secondary N) is 2. The van der Waals surface area contributed by atoms with Crippen molar-refractivity contribution in [2.45, 2.75) is 25.4 Å². The summed E-state index contributed by atoms with van der Waals surface area (Å²) in [4.78, 5) is 14.4. The standard InChI is InChI=1S/C15H22ClN3O/c1-3-13(11-4-6-12(16)7-5-11)19-9-8-18-10-14(19)15(20)17-2/h4-7,13-14,18H,3,8-10H2,1-2H3,(H,17,20). The average molecular weight is 296 g/mol. The normalized spacial score (nSPS) is 21.4. The van der Waals surface area contributed by atoms with Crippen LogP contribution in [0.4, 0.5) is 0 Å². The highest BCUT2D eigenvalue weighted by molar-refractivity contribution is 6.30. The zero-order chi connectivity index (χ0) is 14.5. The molecular formula is C15H22ClN3O. The lowest BCUT2D eigenvalue weighted by atomic mass is 9.99.